The van der Waals surface area contributed by atoms with E-state index < -0.39 is 0 Å². The largest absolute Gasteiger partial charge is 0.291 e. The van der Waals surface area contributed by atoms with Gasteiger partial charge in [0.25, 0.3) is 0 Å². The molecule has 0 aromatic heterocycles. The Labute approximate surface area is 83.5 Å². The Morgan fingerprint density at radius 2 is 1.69 bits per heavy atom. The van der Waals surface area contributed by atoms with Gasteiger partial charge in [0.1, 0.15) is 0 Å². The molecule has 0 aliphatic carbocycles. The molecule has 0 radical (unpaired) electrons. The van der Waals surface area contributed by atoms with Crippen molar-refractivity contribution in [1.29, 1.82) is 0 Å². The van der Waals surface area contributed by atoms with Crippen LogP contribution in [0.1, 0.15) is 26.3 Å². The molecule has 0 saturated heterocycles. The fourth-order valence-corrected chi connectivity index (χ4v) is 1.49. The minimum Gasteiger partial charge on any atom is -0.291 e. The van der Waals surface area contributed by atoms with E-state index in [1.165, 1.54) is 17.3 Å². The molecule has 0 amide bonds. The maximum absolute atomic E-state index is 10.2. The van der Waals surface area contributed by atoms with Crippen LogP contribution in [-0.2, 0) is 10.2 Å². The van der Waals surface area contributed by atoms with Gasteiger partial charge < -0.3 is 0 Å². The van der Waals surface area contributed by atoms with E-state index in [0.717, 1.165) is 10.5 Å². The fraction of sp³-hybridized carbons (Fsp3) is 0.364. The molecule has 0 unspecified atom stereocenters. The van der Waals surface area contributed by atoms with Crippen molar-refractivity contribution in [3.05, 3.63) is 29.8 Å². The highest BCUT2D eigenvalue weighted by atomic mass is 32.2. The van der Waals surface area contributed by atoms with Crippen LogP contribution in [0.3, 0.4) is 0 Å². The first-order chi connectivity index (χ1) is 6.04. The summed E-state index contributed by atoms with van der Waals surface area (Å²) in [5.41, 5.74) is 2.33. The zero-order chi connectivity index (χ0) is 9.90. The Bertz CT molecular complexity index is 282. The third-order valence-electron chi connectivity index (χ3n) is 1.90. The smallest absolute Gasteiger partial charge is 0.180 e. The predicted molar refractivity (Wildman–Crippen MR) is 57.7 cm³/mol. The second-order valence-corrected chi connectivity index (χ2v) is 4.89. The minimum atomic E-state index is 0.185. The van der Waals surface area contributed by atoms with Crippen molar-refractivity contribution in [3.63, 3.8) is 0 Å². The van der Waals surface area contributed by atoms with Gasteiger partial charge in [-0.15, -0.1) is 0 Å². The summed E-state index contributed by atoms with van der Waals surface area (Å²) in [6.07, 6.45) is 0. The molecule has 0 fully saturated rings. The van der Waals surface area contributed by atoms with Crippen LogP contribution in [0, 0.1) is 0 Å². The maximum Gasteiger partial charge on any atom is 0.180 e. The van der Waals surface area contributed by atoms with Crippen LogP contribution in [0.4, 0.5) is 0 Å². The van der Waals surface area contributed by atoms with Crippen molar-refractivity contribution < 1.29 is 4.79 Å². The van der Waals surface area contributed by atoms with Crippen molar-refractivity contribution in [2.45, 2.75) is 31.1 Å². The number of hydrogen-bond donors (Lipinski definition) is 0. The molecule has 1 aromatic rings. The van der Waals surface area contributed by atoms with Crippen molar-refractivity contribution in [1.82, 2.24) is 0 Å². The van der Waals surface area contributed by atoms with E-state index in [-0.39, 0.29) is 5.41 Å². The average molecular weight is 194 g/mol. The van der Waals surface area contributed by atoms with Gasteiger partial charge in [0.2, 0.25) is 0 Å². The SMILES string of the molecule is CC(C)(C)c1ccc(SC=O)cc1. The summed E-state index contributed by atoms with van der Waals surface area (Å²) in [6.45, 7) is 6.53. The molecule has 0 bridgehead atoms. The van der Waals surface area contributed by atoms with Gasteiger partial charge in [0.05, 0.1) is 0 Å². The monoisotopic (exact) mass is 194 g/mol. The number of carbonyl (C=O) groups excluding carboxylic acids is 1. The number of benzene rings is 1. The summed E-state index contributed by atoms with van der Waals surface area (Å²) in [7, 11) is 0. The molecular weight excluding hydrogens is 180 g/mol. The Balaban J connectivity index is 2.87. The molecule has 1 rings (SSSR count). The molecule has 0 saturated carbocycles. The minimum absolute atomic E-state index is 0.185. The molecule has 0 spiro atoms. The van der Waals surface area contributed by atoms with Crippen LogP contribution in [0.15, 0.2) is 29.2 Å². The zero-order valence-corrected chi connectivity index (χ0v) is 9.02. The van der Waals surface area contributed by atoms with Crippen molar-refractivity contribution >= 4 is 17.4 Å². The van der Waals surface area contributed by atoms with E-state index in [4.69, 9.17) is 0 Å². The van der Waals surface area contributed by atoms with Gasteiger partial charge in [-0.3, -0.25) is 4.79 Å². The Morgan fingerprint density at radius 1 is 1.15 bits per heavy atom. The molecule has 0 atom stereocenters. The van der Waals surface area contributed by atoms with E-state index in [2.05, 4.69) is 32.9 Å². The summed E-state index contributed by atoms with van der Waals surface area (Å²) in [5.74, 6) is 0. The van der Waals surface area contributed by atoms with Crippen molar-refractivity contribution in [3.8, 4) is 0 Å². The summed E-state index contributed by atoms with van der Waals surface area (Å²) in [5, 5.41) is 0. The Morgan fingerprint density at radius 3 is 2.08 bits per heavy atom. The standard InChI is InChI=1S/C11H14OS/c1-11(2,3)9-4-6-10(7-5-9)13-8-12/h4-8H,1-3H3. The molecule has 2 heteroatoms. The summed E-state index contributed by atoms with van der Waals surface area (Å²) in [6, 6.07) is 8.12. The number of rotatable bonds is 2. The van der Waals surface area contributed by atoms with Gasteiger partial charge in [0.15, 0.2) is 5.62 Å². The third kappa shape index (κ3) is 2.88. The van der Waals surface area contributed by atoms with Crippen LogP contribution in [0.5, 0.6) is 0 Å². The predicted octanol–water partition coefficient (Wildman–Crippen LogP) is 3.27. The molecule has 1 aromatic carbocycles. The molecule has 70 valence electrons. The second kappa shape index (κ2) is 3.97. The van der Waals surface area contributed by atoms with Crippen LogP contribution in [0.25, 0.3) is 0 Å². The maximum atomic E-state index is 10.2. The lowest BCUT2D eigenvalue weighted by atomic mass is 9.87. The lowest BCUT2D eigenvalue weighted by Gasteiger charge is -2.18. The first-order valence-electron chi connectivity index (χ1n) is 4.25. The highest BCUT2D eigenvalue weighted by Crippen LogP contribution is 2.24. The molecule has 13 heavy (non-hydrogen) atoms. The van der Waals surface area contributed by atoms with E-state index in [1.807, 2.05) is 12.1 Å². The second-order valence-electron chi connectivity index (χ2n) is 3.99. The summed E-state index contributed by atoms with van der Waals surface area (Å²) >= 11 is 1.21. The lowest BCUT2D eigenvalue weighted by Crippen LogP contribution is -2.10. The van der Waals surface area contributed by atoms with Gasteiger partial charge in [-0.2, -0.15) is 0 Å². The highest BCUT2D eigenvalue weighted by molar-refractivity contribution is 8.11. The highest BCUT2D eigenvalue weighted by Gasteiger charge is 2.12. The first kappa shape index (κ1) is 10.3. The summed E-state index contributed by atoms with van der Waals surface area (Å²) < 4.78 is 0. The zero-order valence-electron chi connectivity index (χ0n) is 8.20. The summed E-state index contributed by atoms with van der Waals surface area (Å²) in [4.78, 5) is 11.2. The van der Waals surface area contributed by atoms with E-state index in [1.54, 1.807) is 0 Å². The van der Waals surface area contributed by atoms with E-state index >= 15 is 0 Å². The lowest BCUT2D eigenvalue weighted by molar-refractivity contribution is 0.570. The number of hydrogen-bond acceptors (Lipinski definition) is 2. The van der Waals surface area contributed by atoms with Crippen molar-refractivity contribution in [2.24, 2.45) is 0 Å². The van der Waals surface area contributed by atoms with Crippen LogP contribution >= 0.6 is 11.8 Å². The van der Waals surface area contributed by atoms with Crippen LogP contribution in [0.2, 0.25) is 0 Å². The third-order valence-corrected chi connectivity index (χ3v) is 2.55. The quantitative estimate of drug-likeness (QED) is 0.531. The Hall–Kier alpha value is -0.760. The topological polar surface area (TPSA) is 17.1 Å². The fourth-order valence-electron chi connectivity index (χ4n) is 1.09. The number of thioether (sulfide) groups is 1. The van der Waals surface area contributed by atoms with Gasteiger partial charge in [0, 0.05) is 4.90 Å². The van der Waals surface area contributed by atoms with Gasteiger partial charge in [-0.1, -0.05) is 44.7 Å². The van der Waals surface area contributed by atoms with Gasteiger partial charge in [-0.25, -0.2) is 0 Å². The average Bonchev–Trinajstić information content (AvgIpc) is 2.04. The van der Waals surface area contributed by atoms with Crippen LogP contribution < -0.4 is 0 Å². The van der Waals surface area contributed by atoms with E-state index in [0.29, 0.717) is 0 Å². The number of carbonyl (C=O) groups is 1. The Kier molecular flexibility index (Phi) is 3.15. The molecule has 1 nitrogen and oxygen atoms in total. The first-order valence-corrected chi connectivity index (χ1v) is 5.13. The normalized spacial score (nSPS) is 11.3. The van der Waals surface area contributed by atoms with E-state index in [9.17, 15) is 4.79 Å². The van der Waals surface area contributed by atoms with Crippen molar-refractivity contribution in [2.75, 3.05) is 0 Å². The molecule has 0 aliphatic rings. The van der Waals surface area contributed by atoms with Crippen LogP contribution in [-0.4, -0.2) is 5.62 Å². The molecular formula is C11H14OS. The molecule has 0 aliphatic heterocycles. The molecule has 0 heterocycles. The van der Waals surface area contributed by atoms with Gasteiger partial charge >= 0.3 is 0 Å². The van der Waals surface area contributed by atoms with Gasteiger partial charge in [-0.05, 0) is 23.1 Å². The molecule has 0 N–H and O–H groups in total.